The molecular formula is C22H37IN4O2. The third-order valence-corrected chi connectivity index (χ3v) is 5.98. The predicted octanol–water partition coefficient (Wildman–Crippen LogP) is 3.40. The summed E-state index contributed by atoms with van der Waals surface area (Å²) < 4.78 is 10.8. The standard InChI is InChI=1S/C22H36N4O2.HI/c1-3-23-21(25-18-22(9-6-10-22)11-14-27-2)24-17-19-7-4-5-8-20(19)26-12-15-28-16-13-26;/h4-5,7-8H,3,6,9-18H2,1-2H3,(H2,23,24,25);1H. The van der Waals surface area contributed by atoms with Gasteiger partial charge in [0.1, 0.15) is 0 Å². The van der Waals surface area contributed by atoms with E-state index >= 15 is 0 Å². The maximum atomic E-state index is 5.50. The van der Waals surface area contributed by atoms with E-state index in [2.05, 4.69) is 46.7 Å². The first kappa shape index (κ1) is 24.2. The molecule has 2 aliphatic rings. The molecule has 0 spiro atoms. The molecule has 1 aromatic carbocycles. The minimum absolute atomic E-state index is 0. The van der Waals surface area contributed by atoms with Crippen LogP contribution in [-0.2, 0) is 16.0 Å². The normalized spacial score (nSPS) is 18.6. The summed E-state index contributed by atoms with van der Waals surface area (Å²) in [6.45, 7) is 8.94. The second-order valence-electron chi connectivity index (χ2n) is 7.87. The molecule has 0 atom stereocenters. The van der Waals surface area contributed by atoms with Crippen molar-refractivity contribution < 1.29 is 9.47 Å². The SMILES string of the molecule is CCNC(=NCc1ccccc1N1CCOCC1)NCC1(CCOC)CCC1.I. The number of nitrogens with one attached hydrogen (secondary N) is 2. The van der Waals surface area contributed by atoms with Gasteiger partial charge in [0.15, 0.2) is 5.96 Å². The Labute approximate surface area is 192 Å². The van der Waals surface area contributed by atoms with E-state index in [1.807, 2.05) is 0 Å². The van der Waals surface area contributed by atoms with Crippen LogP contribution in [0.3, 0.4) is 0 Å². The molecule has 6 nitrogen and oxygen atoms in total. The zero-order chi connectivity index (χ0) is 19.7. The molecule has 1 saturated carbocycles. The van der Waals surface area contributed by atoms with E-state index in [9.17, 15) is 0 Å². The van der Waals surface area contributed by atoms with Crippen LogP contribution in [0.4, 0.5) is 5.69 Å². The molecule has 1 aromatic rings. The van der Waals surface area contributed by atoms with Crippen LogP contribution in [-0.4, -0.2) is 59.1 Å². The van der Waals surface area contributed by atoms with Gasteiger partial charge in [0, 0.05) is 45.6 Å². The van der Waals surface area contributed by atoms with Crippen molar-refractivity contribution in [1.82, 2.24) is 10.6 Å². The first-order valence-corrected chi connectivity index (χ1v) is 10.7. The first-order chi connectivity index (χ1) is 13.8. The summed E-state index contributed by atoms with van der Waals surface area (Å²) in [6, 6.07) is 8.59. The highest BCUT2D eigenvalue weighted by Crippen LogP contribution is 2.43. The molecule has 1 aliphatic carbocycles. The summed E-state index contributed by atoms with van der Waals surface area (Å²) in [5.74, 6) is 0.906. The predicted molar refractivity (Wildman–Crippen MR) is 130 cm³/mol. The highest BCUT2D eigenvalue weighted by Gasteiger charge is 2.36. The van der Waals surface area contributed by atoms with Crippen molar-refractivity contribution in [3.63, 3.8) is 0 Å². The number of halogens is 1. The number of hydrogen-bond acceptors (Lipinski definition) is 4. The van der Waals surface area contributed by atoms with Crippen LogP contribution in [0, 0.1) is 5.41 Å². The topological polar surface area (TPSA) is 58.1 Å². The molecule has 2 N–H and O–H groups in total. The Hall–Kier alpha value is -1.06. The van der Waals surface area contributed by atoms with Gasteiger partial charge in [-0.15, -0.1) is 24.0 Å². The van der Waals surface area contributed by atoms with E-state index in [1.54, 1.807) is 7.11 Å². The third kappa shape index (κ3) is 7.00. The second kappa shape index (κ2) is 12.6. The van der Waals surface area contributed by atoms with Crippen LogP contribution in [0.15, 0.2) is 29.3 Å². The first-order valence-electron chi connectivity index (χ1n) is 10.7. The van der Waals surface area contributed by atoms with Gasteiger partial charge in [-0.25, -0.2) is 4.99 Å². The van der Waals surface area contributed by atoms with E-state index in [1.165, 1.54) is 30.5 Å². The lowest BCUT2D eigenvalue weighted by Crippen LogP contribution is -2.47. The maximum Gasteiger partial charge on any atom is 0.191 e. The highest BCUT2D eigenvalue weighted by molar-refractivity contribution is 14.0. The number of methoxy groups -OCH3 is 1. The van der Waals surface area contributed by atoms with Gasteiger partial charge in [0.25, 0.3) is 0 Å². The average molecular weight is 516 g/mol. The fourth-order valence-electron chi connectivity index (χ4n) is 4.04. The monoisotopic (exact) mass is 516 g/mol. The zero-order valence-corrected chi connectivity index (χ0v) is 20.2. The second-order valence-corrected chi connectivity index (χ2v) is 7.87. The number of hydrogen-bond donors (Lipinski definition) is 2. The number of aliphatic imine (C=N–C) groups is 1. The van der Waals surface area contributed by atoms with Crippen molar-refractivity contribution in [2.24, 2.45) is 10.4 Å². The summed E-state index contributed by atoms with van der Waals surface area (Å²) in [5, 5.41) is 6.99. The fourth-order valence-corrected chi connectivity index (χ4v) is 4.04. The lowest BCUT2D eigenvalue weighted by atomic mass is 9.67. The van der Waals surface area contributed by atoms with Gasteiger partial charge in [0.05, 0.1) is 19.8 Å². The van der Waals surface area contributed by atoms with Crippen LogP contribution in [0.25, 0.3) is 0 Å². The molecule has 0 bridgehead atoms. The van der Waals surface area contributed by atoms with Crippen molar-refractivity contribution in [3.8, 4) is 0 Å². The van der Waals surface area contributed by atoms with Crippen molar-refractivity contribution in [2.45, 2.75) is 39.2 Å². The lowest BCUT2D eigenvalue weighted by Gasteiger charge is -2.42. The molecule has 0 radical (unpaired) electrons. The van der Waals surface area contributed by atoms with Crippen molar-refractivity contribution >= 4 is 35.6 Å². The number of ether oxygens (including phenoxy) is 2. The van der Waals surface area contributed by atoms with Crippen LogP contribution in [0.2, 0.25) is 0 Å². The van der Waals surface area contributed by atoms with E-state index in [-0.39, 0.29) is 24.0 Å². The van der Waals surface area contributed by atoms with Gasteiger partial charge in [-0.05, 0) is 43.2 Å². The molecule has 0 aromatic heterocycles. The molecular weight excluding hydrogens is 479 g/mol. The van der Waals surface area contributed by atoms with Gasteiger partial charge in [-0.1, -0.05) is 24.6 Å². The Morgan fingerprint density at radius 1 is 1.21 bits per heavy atom. The van der Waals surface area contributed by atoms with Crippen molar-refractivity contribution in [2.75, 3.05) is 58.0 Å². The average Bonchev–Trinajstić information content (AvgIpc) is 2.71. The number of anilines is 1. The molecule has 2 fully saturated rings. The van der Waals surface area contributed by atoms with Gasteiger partial charge in [-0.2, -0.15) is 0 Å². The smallest absolute Gasteiger partial charge is 0.191 e. The Balaban J connectivity index is 0.00000300. The van der Waals surface area contributed by atoms with Crippen LogP contribution < -0.4 is 15.5 Å². The van der Waals surface area contributed by atoms with E-state index < -0.39 is 0 Å². The molecule has 3 rings (SSSR count). The molecule has 0 amide bonds. The zero-order valence-electron chi connectivity index (χ0n) is 17.9. The number of para-hydroxylation sites is 1. The summed E-state index contributed by atoms with van der Waals surface area (Å²) in [4.78, 5) is 7.29. The van der Waals surface area contributed by atoms with Gasteiger partial charge >= 0.3 is 0 Å². The number of benzene rings is 1. The summed E-state index contributed by atoms with van der Waals surface area (Å²) in [5.41, 5.74) is 2.91. The largest absolute Gasteiger partial charge is 0.385 e. The number of guanidine groups is 1. The fraction of sp³-hybridized carbons (Fsp3) is 0.682. The lowest BCUT2D eigenvalue weighted by molar-refractivity contribution is 0.0732. The Morgan fingerprint density at radius 2 is 1.97 bits per heavy atom. The van der Waals surface area contributed by atoms with Crippen molar-refractivity contribution in [3.05, 3.63) is 29.8 Å². The number of morpholine rings is 1. The third-order valence-electron chi connectivity index (χ3n) is 5.98. The van der Waals surface area contributed by atoms with E-state index in [0.717, 1.165) is 58.4 Å². The molecule has 164 valence electrons. The van der Waals surface area contributed by atoms with Gasteiger partial charge in [0.2, 0.25) is 0 Å². The molecule has 1 aliphatic heterocycles. The minimum Gasteiger partial charge on any atom is -0.385 e. The number of rotatable bonds is 9. The van der Waals surface area contributed by atoms with E-state index in [0.29, 0.717) is 12.0 Å². The Kier molecular flexibility index (Phi) is 10.5. The molecule has 0 unspecified atom stereocenters. The van der Waals surface area contributed by atoms with Crippen LogP contribution >= 0.6 is 24.0 Å². The quantitative estimate of drug-likeness (QED) is 0.300. The summed E-state index contributed by atoms with van der Waals surface area (Å²) in [6.07, 6.45) is 5.01. The van der Waals surface area contributed by atoms with E-state index in [4.69, 9.17) is 14.5 Å². The molecule has 1 heterocycles. The summed E-state index contributed by atoms with van der Waals surface area (Å²) in [7, 11) is 1.79. The van der Waals surface area contributed by atoms with Gasteiger partial charge < -0.3 is 25.0 Å². The molecule has 29 heavy (non-hydrogen) atoms. The highest BCUT2D eigenvalue weighted by atomic mass is 127. The van der Waals surface area contributed by atoms with Crippen LogP contribution in [0.1, 0.15) is 38.2 Å². The number of nitrogens with zero attached hydrogens (tertiary/aromatic N) is 2. The van der Waals surface area contributed by atoms with Crippen LogP contribution in [0.5, 0.6) is 0 Å². The van der Waals surface area contributed by atoms with Gasteiger partial charge in [-0.3, -0.25) is 0 Å². The minimum atomic E-state index is 0. The van der Waals surface area contributed by atoms with Crippen molar-refractivity contribution in [1.29, 1.82) is 0 Å². The summed E-state index contributed by atoms with van der Waals surface area (Å²) >= 11 is 0. The maximum absolute atomic E-state index is 5.50. The molecule has 1 saturated heterocycles. The Morgan fingerprint density at radius 3 is 2.62 bits per heavy atom. The Bertz CT molecular complexity index is 631. The molecule has 7 heteroatoms.